The van der Waals surface area contributed by atoms with E-state index in [4.69, 9.17) is 28.9 Å². The predicted octanol–water partition coefficient (Wildman–Crippen LogP) is 2.51. The van der Waals surface area contributed by atoms with Gasteiger partial charge >= 0.3 is 6.18 Å². The molecule has 1 amide bonds. The fourth-order valence-corrected chi connectivity index (χ4v) is 1.36. The summed E-state index contributed by atoms with van der Waals surface area (Å²) in [6, 6.07) is 0.472. The molecule has 0 aliphatic carbocycles. The largest absolute Gasteiger partial charge is 0.419 e. The Morgan fingerprint density at radius 2 is 1.87 bits per heavy atom. The molecule has 0 saturated heterocycles. The van der Waals surface area contributed by atoms with Crippen LogP contribution in [0.1, 0.15) is 15.9 Å². The van der Waals surface area contributed by atoms with Gasteiger partial charge in [-0.25, -0.2) is 4.98 Å². The van der Waals surface area contributed by atoms with Crippen molar-refractivity contribution in [2.45, 2.75) is 6.18 Å². The van der Waals surface area contributed by atoms with Gasteiger partial charge in [0.25, 0.3) is 5.91 Å². The maximum atomic E-state index is 12.3. The Balaban J connectivity index is 3.43. The summed E-state index contributed by atoms with van der Waals surface area (Å²) in [6.45, 7) is 0. The first-order valence-corrected chi connectivity index (χ1v) is 4.22. The van der Waals surface area contributed by atoms with E-state index in [0.717, 1.165) is 0 Å². The fraction of sp³-hybridized carbons (Fsp3) is 0.143. The Kier molecular flexibility index (Phi) is 3.11. The van der Waals surface area contributed by atoms with Crippen LogP contribution in [0.2, 0.25) is 10.3 Å². The summed E-state index contributed by atoms with van der Waals surface area (Å²) in [7, 11) is 0. The highest BCUT2D eigenvalue weighted by Gasteiger charge is 2.35. The number of nitrogens with zero attached hydrogens (tertiary/aromatic N) is 1. The topological polar surface area (TPSA) is 56.0 Å². The van der Waals surface area contributed by atoms with Crippen molar-refractivity contribution >= 4 is 29.1 Å². The molecule has 0 radical (unpaired) electrons. The molecule has 1 heterocycles. The molecular weight excluding hydrogens is 256 g/mol. The van der Waals surface area contributed by atoms with Gasteiger partial charge in [0.15, 0.2) is 0 Å². The average Bonchev–Trinajstić information content (AvgIpc) is 2.00. The summed E-state index contributed by atoms with van der Waals surface area (Å²) < 4.78 is 36.9. The van der Waals surface area contributed by atoms with E-state index in [-0.39, 0.29) is 0 Å². The number of hydrogen-bond acceptors (Lipinski definition) is 2. The van der Waals surface area contributed by atoms with Gasteiger partial charge in [-0.1, -0.05) is 23.2 Å². The van der Waals surface area contributed by atoms with Gasteiger partial charge in [-0.3, -0.25) is 4.79 Å². The number of carbonyl (C=O) groups is 1. The van der Waals surface area contributed by atoms with E-state index in [9.17, 15) is 18.0 Å². The number of aromatic nitrogens is 1. The molecule has 0 unspecified atom stereocenters. The lowest BCUT2D eigenvalue weighted by Crippen LogP contribution is -2.15. The zero-order valence-electron chi connectivity index (χ0n) is 6.90. The Labute approximate surface area is 92.0 Å². The lowest BCUT2D eigenvalue weighted by molar-refractivity contribution is -0.137. The van der Waals surface area contributed by atoms with Crippen LogP contribution in [0.3, 0.4) is 0 Å². The molecule has 1 aromatic heterocycles. The minimum absolute atomic E-state index is 0.458. The Bertz CT molecular complexity index is 419. The second-order valence-electron chi connectivity index (χ2n) is 2.53. The third-order valence-corrected chi connectivity index (χ3v) is 2.08. The number of carbonyl (C=O) groups excluding carboxylic acids is 1. The minimum atomic E-state index is -4.71. The maximum absolute atomic E-state index is 12.3. The molecule has 1 aromatic rings. The van der Waals surface area contributed by atoms with E-state index < -0.39 is 33.5 Å². The molecule has 0 saturated carbocycles. The number of hydrogen-bond donors (Lipinski definition) is 1. The summed E-state index contributed by atoms with van der Waals surface area (Å²) in [6.07, 6.45) is -4.71. The van der Waals surface area contributed by atoms with Crippen LogP contribution in [-0.4, -0.2) is 10.9 Å². The monoisotopic (exact) mass is 258 g/mol. The number of pyridine rings is 1. The molecule has 1 rings (SSSR count). The van der Waals surface area contributed by atoms with Crippen molar-refractivity contribution < 1.29 is 18.0 Å². The summed E-state index contributed by atoms with van der Waals surface area (Å²) in [5.74, 6) is -1.10. The third kappa shape index (κ3) is 2.51. The van der Waals surface area contributed by atoms with Gasteiger partial charge in [-0.15, -0.1) is 0 Å². The predicted molar refractivity (Wildman–Crippen MR) is 47.8 cm³/mol. The SMILES string of the molecule is NC(=O)c1cc(C(F)(F)F)c(Cl)nc1Cl. The number of amides is 1. The molecule has 0 atom stereocenters. The number of nitrogens with two attached hydrogens (primary N) is 1. The molecule has 0 aliphatic heterocycles. The van der Waals surface area contributed by atoms with Crippen LogP contribution >= 0.6 is 23.2 Å². The quantitative estimate of drug-likeness (QED) is 0.787. The van der Waals surface area contributed by atoms with Crippen molar-refractivity contribution in [3.63, 3.8) is 0 Å². The minimum Gasteiger partial charge on any atom is -0.366 e. The van der Waals surface area contributed by atoms with E-state index in [1.165, 1.54) is 0 Å². The van der Waals surface area contributed by atoms with Gasteiger partial charge < -0.3 is 5.73 Å². The lowest BCUT2D eigenvalue weighted by Gasteiger charge is -2.09. The van der Waals surface area contributed by atoms with Gasteiger partial charge in [-0.05, 0) is 6.07 Å². The zero-order chi connectivity index (χ0) is 11.8. The van der Waals surface area contributed by atoms with Crippen LogP contribution in [0.25, 0.3) is 0 Å². The van der Waals surface area contributed by atoms with Crippen molar-refractivity contribution in [2.24, 2.45) is 5.73 Å². The van der Waals surface area contributed by atoms with Crippen LogP contribution in [0.4, 0.5) is 13.2 Å². The zero-order valence-corrected chi connectivity index (χ0v) is 8.41. The normalized spacial score (nSPS) is 11.5. The highest BCUT2D eigenvalue weighted by Crippen LogP contribution is 2.35. The highest BCUT2D eigenvalue weighted by atomic mass is 35.5. The molecular formula is C7H3Cl2F3N2O. The second-order valence-corrected chi connectivity index (χ2v) is 3.24. The van der Waals surface area contributed by atoms with Crippen LogP contribution in [0, 0.1) is 0 Å². The van der Waals surface area contributed by atoms with Crippen molar-refractivity contribution in [3.05, 3.63) is 27.5 Å². The third-order valence-electron chi connectivity index (χ3n) is 1.50. The van der Waals surface area contributed by atoms with Gasteiger partial charge in [-0.2, -0.15) is 13.2 Å². The molecule has 0 aromatic carbocycles. The molecule has 82 valence electrons. The summed E-state index contributed by atoms with van der Waals surface area (Å²) >= 11 is 10.6. The first-order valence-electron chi connectivity index (χ1n) is 3.46. The fourth-order valence-electron chi connectivity index (χ4n) is 0.842. The molecule has 0 fully saturated rings. The van der Waals surface area contributed by atoms with E-state index in [1.807, 2.05) is 0 Å². The van der Waals surface area contributed by atoms with Crippen molar-refractivity contribution in [2.75, 3.05) is 0 Å². The van der Waals surface area contributed by atoms with Gasteiger partial charge in [0, 0.05) is 0 Å². The van der Waals surface area contributed by atoms with E-state index in [1.54, 1.807) is 0 Å². The molecule has 0 spiro atoms. The van der Waals surface area contributed by atoms with Crippen molar-refractivity contribution in [1.82, 2.24) is 4.98 Å². The smallest absolute Gasteiger partial charge is 0.366 e. The molecule has 3 nitrogen and oxygen atoms in total. The average molecular weight is 259 g/mol. The van der Waals surface area contributed by atoms with Crippen molar-refractivity contribution in [1.29, 1.82) is 0 Å². The summed E-state index contributed by atoms with van der Waals surface area (Å²) in [5.41, 5.74) is 3.04. The Morgan fingerprint density at radius 3 is 2.27 bits per heavy atom. The number of rotatable bonds is 1. The van der Waals surface area contributed by atoms with Crippen LogP contribution in [0.5, 0.6) is 0 Å². The van der Waals surface area contributed by atoms with Crippen LogP contribution in [-0.2, 0) is 6.18 Å². The molecule has 15 heavy (non-hydrogen) atoms. The standard InChI is InChI=1S/C7H3Cl2F3N2O/c8-4-2(6(13)15)1-3(5(9)14-4)7(10,11)12/h1H,(H2,13,15). The van der Waals surface area contributed by atoms with Crippen LogP contribution in [0.15, 0.2) is 6.07 Å². The molecule has 2 N–H and O–H groups in total. The van der Waals surface area contributed by atoms with Gasteiger partial charge in [0.05, 0.1) is 11.1 Å². The van der Waals surface area contributed by atoms with Gasteiger partial charge in [0.2, 0.25) is 0 Å². The first kappa shape index (κ1) is 12.1. The molecule has 0 aliphatic rings. The van der Waals surface area contributed by atoms with E-state index in [2.05, 4.69) is 4.98 Å². The van der Waals surface area contributed by atoms with Crippen molar-refractivity contribution in [3.8, 4) is 0 Å². The van der Waals surface area contributed by atoms with E-state index in [0.29, 0.717) is 6.07 Å². The molecule has 8 heteroatoms. The Morgan fingerprint density at radius 1 is 1.33 bits per heavy atom. The van der Waals surface area contributed by atoms with Gasteiger partial charge in [0.1, 0.15) is 10.3 Å². The maximum Gasteiger partial charge on any atom is 0.419 e. The summed E-state index contributed by atoms with van der Waals surface area (Å²) in [5, 5.41) is -1.28. The highest BCUT2D eigenvalue weighted by molar-refractivity contribution is 6.35. The Hall–Kier alpha value is -1.01. The van der Waals surface area contributed by atoms with Crippen LogP contribution < -0.4 is 5.73 Å². The first-order chi connectivity index (χ1) is 6.73. The lowest BCUT2D eigenvalue weighted by atomic mass is 10.2. The van der Waals surface area contributed by atoms with E-state index >= 15 is 0 Å². The summed E-state index contributed by atoms with van der Waals surface area (Å²) in [4.78, 5) is 13.9. The number of halogens is 5. The number of alkyl halides is 3. The molecule has 0 bridgehead atoms. The second kappa shape index (κ2) is 3.86. The number of primary amides is 1.